The Morgan fingerprint density at radius 3 is 2.11 bits per heavy atom. The smallest absolute Gasteiger partial charge is 0.243 e. The number of hydrogen-bond donors (Lipinski definition) is 2. The van der Waals surface area contributed by atoms with E-state index in [1.54, 1.807) is 19.0 Å². The quantitative estimate of drug-likeness (QED) is 0.440. The molecule has 0 aromatic rings. The van der Waals surface area contributed by atoms with E-state index >= 15 is 0 Å². The molecule has 0 radical (unpaired) electrons. The van der Waals surface area contributed by atoms with Crippen LogP contribution < -0.4 is 10.6 Å². The van der Waals surface area contributed by atoms with Crippen LogP contribution in [-0.2, 0) is 4.79 Å². The van der Waals surface area contributed by atoms with Crippen molar-refractivity contribution in [2.75, 3.05) is 20.6 Å². The summed E-state index contributed by atoms with van der Waals surface area (Å²) in [6.45, 7) is 0.224. The lowest BCUT2D eigenvalue weighted by atomic mass is 10.2. The first-order valence-electron chi connectivity index (χ1n) is 6.93. The minimum atomic E-state index is 0. The zero-order valence-corrected chi connectivity index (χ0v) is 14.1. The Labute approximate surface area is 132 Å². The van der Waals surface area contributed by atoms with Gasteiger partial charge >= 0.3 is 0 Å². The van der Waals surface area contributed by atoms with E-state index < -0.39 is 0 Å². The maximum absolute atomic E-state index is 11.5. The van der Waals surface area contributed by atoms with Crippen molar-refractivity contribution in [3.05, 3.63) is 0 Å². The van der Waals surface area contributed by atoms with Crippen LogP contribution in [-0.4, -0.2) is 49.5 Å². The van der Waals surface area contributed by atoms with Crippen molar-refractivity contribution >= 4 is 35.8 Å². The predicted octanol–water partition coefficient (Wildman–Crippen LogP) is 1.33. The fourth-order valence-electron chi connectivity index (χ4n) is 2.11. The van der Waals surface area contributed by atoms with Gasteiger partial charge in [-0.05, 0) is 25.7 Å². The van der Waals surface area contributed by atoms with Crippen LogP contribution in [0.3, 0.4) is 0 Å². The first-order chi connectivity index (χ1) is 8.65. The highest BCUT2D eigenvalue weighted by molar-refractivity contribution is 14.0. The molecule has 19 heavy (non-hydrogen) atoms. The number of likely N-dealkylation sites (N-methyl/N-ethyl adjacent to an activating group) is 1. The Balaban J connectivity index is 0.00000180. The van der Waals surface area contributed by atoms with E-state index in [4.69, 9.17) is 0 Å². The third kappa shape index (κ3) is 5.97. The maximum atomic E-state index is 11.5. The number of amides is 1. The van der Waals surface area contributed by atoms with Crippen LogP contribution >= 0.6 is 24.0 Å². The molecule has 110 valence electrons. The molecule has 0 unspecified atom stereocenters. The fraction of sp³-hybridized carbons (Fsp3) is 0.846. The molecule has 0 aromatic heterocycles. The molecule has 2 N–H and O–H groups in total. The molecule has 6 heteroatoms. The molecular formula is C13H25IN4O. The number of hydrogen-bond acceptors (Lipinski definition) is 2. The summed E-state index contributed by atoms with van der Waals surface area (Å²) < 4.78 is 0. The molecule has 0 saturated heterocycles. The minimum absolute atomic E-state index is 0. The Morgan fingerprint density at radius 1 is 1.11 bits per heavy atom. The highest BCUT2D eigenvalue weighted by Crippen LogP contribution is 2.20. The second-order valence-corrected chi connectivity index (χ2v) is 5.50. The summed E-state index contributed by atoms with van der Waals surface area (Å²) in [5.41, 5.74) is 0. The summed E-state index contributed by atoms with van der Waals surface area (Å²) in [6, 6.07) is 1.09. The van der Waals surface area contributed by atoms with Crippen molar-refractivity contribution in [3.8, 4) is 0 Å². The molecule has 0 aliphatic heterocycles. The molecule has 0 spiro atoms. The summed E-state index contributed by atoms with van der Waals surface area (Å²) in [5, 5.41) is 6.83. The third-order valence-corrected chi connectivity index (χ3v) is 3.49. The highest BCUT2D eigenvalue weighted by Gasteiger charge is 2.24. The van der Waals surface area contributed by atoms with Gasteiger partial charge in [0.1, 0.15) is 6.54 Å². The van der Waals surface area contributed by atoms with Crippen LogP contribution in [0.5, 0.6) is 0 Å². The molecule has 2 aliphatic carbocycles. The maximum Gasteiger partial charge on any atom is 0.243 e. The zero-order chi connectivity index (χ0) is 13.0. The molecule has 2 saturated carbocycles. The fourth-order valence-corrected chi connectivity index (χ4v) is 2.11. The SMILES string of the molecule is CN(C)C(=O)CN=C(NC1CCCC1)NC1CC1.I. The monoisotopic (exact) mass is 380 g/mol. The van der Waals surface area contributed by atoms with Crippen LogP contribution in [0.2, 0.25) is 0 Å². The van der Waals surface area contributed by atoms with Gasteiger partial charge in [0.2, 0.25) is 5.91 Å². The van der Waals surface area contributed by atoms with Crippen LogP contribution in [0.4, 0.5) is 0 Å². The number of guanidine groups is 1. The lowest BCUT2D eigenvalue weighted by molar-refractivity contribution is -0.127. The normalized spacial score (nSPS) is 19.8. The molecule has 0 heterocycles. The van der Waals surface area contributed by atoms with E-state index in [0.29, 0.717) is 12.1 Å². The number of carbonyl (C=O) groups is 1. The number of aliphatic imine (C=N–C) groups is 1. The number of rotatable bonds is 4. The second-order valence-electron chi connectivity index (χ2n) is 5.50. The average molecular weight is 380 g/mol. The Kier molecular flexibility index (Phi) is 6.88. The zero-order valence-electron chi connectivity index (χ0n) is 11.8. The Morgan fingerprint density at radius 2 is 1.63 bits per heavy atom. The largest absolute Gasteiger partial charge is 0.354 e. The number of carbonyl (C=O) groups excluding carboxylic acids is 1. The minimum Gasteiger partial charge on any atom is -0.354 e. The van der Waals surface area contributed by atoms with Gasteiger partial charge in [-0.25, -0.2) is 4.99 Å². The van der Waals surface area contributed by atoms with Gasteiger partial charge in [0.15, 0.2) is 5.96 Å². The molecule has 2 rings (SSSR count). The highest BCUT2D eigenvalue weighted by atomic mass is 127. The standard InChI is InChI=1S/C13H24N4O.HI/c1-17(2)12(18)9-14-13(16-11-7-8-11)15-10-5-3-4-6-10;/h10-11H,3-9H2,1-2H3,(H2,14,15,16);1H. The van der Waals surface area contributed by atoms with Gasteiger partial charge < -0.3 is 15.5 Å². The summed E-state index contributed by atoms with van der Waals surface area (Å²) >= 11 is 0. The van der Waals surface area contributed by atoms with E-state index in [0.717, 1.165) is 5.96 Å². The van der Waals surface area contributed by atoms with Crippen molar-refractivity contribution in [1.29, 1.82) is 0 Å². The summed E-state index contributed by atoms with van der Waals surface area (Å²) in [6.07, 6.45) is 7.45. The van der Waals surface area contributed by atoms with Crippen molar-refractivity contribution < 1.29 is 4.79 Å². The van der Waals surface area contributed by atoms with Crippen LogP contribution in [0, 0.1) is 0 Å². The summed E-state index contributed by atoms with van der Waals surface area (Å²) in [7, 11) is 3.52. The van der Waals surface area contributed by atoms with Crippen molar-refractivity contribution in [3.63, 3.8) is 0 Å². The van der Waals surface area contributed by atoms with Gasteiger partial charge in [-0.1, -0.05) is 12.8 Å². The van der Waals surface area contributed by atoms with E-state index in [9.17, 15) is 4.79 Å². The molecule has 0 atom stereocenters. The lowest BCUT2D eigenvalue weighted by Crippen LogP contribution is -2.44. The van der Waals surface area contributed by atoms with E-state index in [1.165, 1.54) is 38.5 Å². The van der Waals surface area contributed by atoms with E-state index in [2.05, 4.69) is 15.6 Å². The molecule has 0 bridgehead atoms. The van der Waals surface area contributed by atoms with Gasteiger partial charge in [0, 0.05) is 26.2 Å². The average Bonchev–Trinajstić information content (AvgIpc) is 3.00. The number of nitrogens with one attached hydrogen (secondary N) is 2. The van der Waals surface area contributed by atoms with E-state index in [1.807, 2.05) is 0 Å². The van der Waals surface area contributed by atoms with E-state index in [-0.39, 0.29) is 36.4 Å². The van der Waals surface area contributed by atoms with Crippen LogP contribution in [0.1, 0.15) is 38.5 Å². The topological polar surface area (TPSA) is 56.7 Å². The lowest BCUT2D eigenvalue weighted by Gasteiger charge is -2.17. The second kappa shape index (κ2) is 7.91. The number of nitrogens with zero attached hydrogens (tertiary/aromatic N) is 2. The van der Waals surface area contributed by atoms with Crippen molar-refractivity contribution in [2.45, 2.75) is 50.6 Å². The van der Waals surface area contributed by atoms with Gasteiger partial charge in [-0.3, -0.25) is 4.79 Å². The molecule has 2 fully saturated rings. The molecule has 1 amide bonds. The Bertz CT molecular complexity index is 323. The third-order valence-electron chi connectivity index (χ3n) is 3.49. The van der Waals surface area contributed by atoms with Gasteiger partial charge in [0.05, 0.1) is 0 Å². The van der Waals surface area contributed by atoms with Gasteiger partial charge in [0.25, 0.3) is 0 Å². The molecular weight excluding hydrogens is 355 g/mol. The van der Waals surface area contributed by atoms with Crippen LogP contribution in [0.25, 0.3) is 0 Å². The van der Waals surface area contributed by atoms with Gasteiger partial charge in [-0.2, -0.15) is 0 Å². The molecule has 2 aliphatic rings. The first-order valence-corrected chi connectivity index (χ1v) is 6.93. The summed E-state index contributed by atoms with van der Waals surface area (Å²) in [4.78, 5) is 17.5. The Hall–Kier alpha value is -0.530. The summed E-state index contributed by atoms with van der Waals surface area (Å²) in [5.74, 6) is 0.859. The predicted molar refractivity (Wildman–Crippen MR) is 88.0 cm³/mol. The van der Waals surface area contributed by atoms with Crippen LogP contribution in [0.15, 0.2) is 4.99 Å². The molecule has 5 nitrogen and oxygen atoms in total. The molecule has 0 aromatic carbocycles. The first kappa shape index (κ1) is 16.5. The van der Waals surface area contributed by atoms with Gasteiger partial charge in [-0.15, -0.1) is 24.0 Å². The van der Waals surface area contributed by atoms with Crippen molar-refractivity contribution in [2.24, 2.45) is 4.99 Å². The number of halogens is 1. The van der Waals surface area contributed by atoms with Crippen molar-refractivity contribution in [1.82, 2.24) is 15.5 Å².